The van der Waals surface area contributed by atoms with E-state index in [1.807, 2.05) is 0 Å². The van der Waals surface area contributed by atoms with Crippen LogP contribution in [0.4, 0.5) is 16.2 Å². The summed E-state index contributed by atoms with van der Waals surface area (Å²) in [6, 6.07) is 11.3. The topological polar surface area (TPSA) is 61.4 Å². The van der Waals surface area contributed by atoms with Crippen molar-refractivity contribution in [1.29, 1.82) is 0 Å². The number of hydrogen-bond acceptors (Lipinski definition) is 2. The zero-order chi connectivity index (χ0) is 13.8. The molecule has 98 valence electrons. The molecule has 2 rings (SSSR count). The third kappa shape index (κ3) is 3.39. The van der Waals surface area contributed by atoms with Gasteiger partial charge in [0.1, 0.15) is 5.75 Å². The second-order valence-corrected chi connectivity index (χ2v) is 4.47. The van der Waals surface area contributed by atoms with Crippen molar-refractivity contribution in [2.45, 2.75) is 6.92 Å². The highest BCUT2D eigenvalue weighted by molar-refractivity contribution is 6.33. The van der Waals surface area contributed by atoms with Gasteiger partial charge in [0, 0.05) is 5.69 Å². The van der Waals surface area contributed by atoms with Gasteiger partial charge in [-0.1, -0.05) is 23.7 Å². The van der Waals surface area contributed by atoms with Crippen molar-refractivity contribution in [1.82, 2.24) is 0 Å². The largest absolute Gasteiger partial charge is 0.508 e. The third-order valence-electron chi connectivity index (χ3n) is 2.58. The minimum absolute atomic E-state index is 0.162. The van der Waals surface area contributed by atoms with Crippen molar-refractivity contribution in [3.63, 3.8) is 0 Å². The van der Waals surface area contributed by atoms with Gasteiger partial charge in [-0.3, -0.25) is 0 Å². The standard InChI is InChI=1S/C14H13ClN2O2/c1-9-8-10(18)6-7-12(9)16-14(19)17-13-5-3-2-4-11(13)15/h2-8,18H,1H3,(H2,16,17,19). The number of rotatable bonds is 2. The summed E-state index contributed by atoms with van der Waals surface area (Å²) in [7, 11) is 0. The second kappa shape index (κ2) is 5.63. The summed E-state index contributed by atoms with van der Waals surface area (Å²) in [6.45, 7) is 1.80. The molecule has 2 aromatic carbocycles. The molecule has 19 heavy (non-hydrogen) atoms. The van der Waals surface area contributed by atoms with Gasteiger partial charge < -0.3 is 15.7 Å². The average Bonchev–Trinajstić information content (AvgIpc) is 2.36. The maximum atomic E-state index is 11.8. The van der Waals surface area contributed by atoms with Gasteiger partial charge in [-0.2, -0.15) is 0 Å². The Balaban J connectivity index is 2.08. The fraction of sp³-hybridized carbons (Fsp3) is 0.0714. The Bertz CT molecular complexity index is 614. The highest BCUT2D eigenvalue weighted by Gasteiger charge is 2.07. The van der Waals surface area contributed by atoms with Crippen molar-refractivity contribution in [2.24, 2.45) is 0 Å². The number of carbonyl (C=O) groups is 1. The molecule has 0 unspecified atom stereocenters. The Hall–Kier alpha value is -2.20. The molecule has 0 radical (unpaired) electrons. The Morgan fingerprint density at radius 2 is 1.79 bits per heavy atom. The van der Waals surface area contributed by atoms with Crippen LogP contribution < -0.4 is 10.6 Å². The molecule has 0 saturated carbocycles. The van der Waals surface area contributed by atoms with E-state index in [-0.39, 0.29) is 11.8 Å². The smallest absolute Gasteiger partial charge is 0.323 e. The van der Waals surface area contributed by atoms with E-state index in [9.17, 15) is 9.90 Å². The lowest BCUT2D eigenvalue weighted by Crippen LogP contribution is -2.20. The second-order valence-electron chi connectivity index (χ2n) is 4.06. The molecule has 0 aliphatic heterocycles. The van der Waals surface area contributed by atoms with Gasteiger partial charge in [-0.05, 0) is 42.8 Å². The fourth-order valence-corrected chi connectivity index (χ4v) is 1.81. The molecule has 3 N–H and O–H groups in total. The molecule has 0 aromatic heterocycles. The van der Waals surface area contributed by atoms with Gasteiger partial charge in [0.15, 0.2) is 0 Å². The molecule has 0 aliphatic carbocycles. The van der Waals surface area contributed by atoms with Crippen LogP contribution in [0, 0.1) is 6.92 Å². The summed E-state index contributed by atoms with van der Waals surface area (Å²) in [5.41, 5.74) is 1.94. The molecule has 0 heterocycles. The van der Waals surface area contributed by atoms with E-state index >= 15 is 0 Å². The van der Waals surface area contributed by atoms with E-state index < -0.39 is 0 Å². The molecule has 0 aliphatic rings. The van der Waals surface area contributed by atoms with Gasteiger partial charge in [0.05, 0.1) is 10.7 Å². The van der Waals surface area contributed by atoms with Gasteiger partial charge in [-0.15, -0.1) is 0 Å². The van der Waals surface area contributed by atoms with Crippen LogP contribution >= 0.6 is 11.6 Å². The van der Waals surface area contributed by atoms with Crippen LogP contribution in [0.1, 0.15) is 5.56 Å². The molecule has 2 amide bonds. The van der Waals surface area contributed by atoms with E-state index in [0.29, 0.717) is 16.4 Å². The summed E-state index contributed by atoms with van der Waals surface area (Å²) in [6.07, 6.45) is 0. The molecular weight excluding hydrogens is 264 g/mol. The lowest BCUT2D eigenvalue weighted by atomic mass is 10.2. The molecule has 0 fully saturated rings. The first-order valence-corrected chi connectivity index (χ1v) is 6.06. The SMILES string of the molecule is Cc1cc(O)ccc1NC(=O)Nc1ccccc1Cl. The number of hydrogen-bond donors (Lipinski definition) is 3. The summed E-state index contributed by atoms with van der Waals surface area (Å²) in [5.74, 6) is 0.162. The number of phenols is 1. The zero-order valence-corrected chi connectivity index (χ0v) is 11.0. The van der Waals surface area contributed by atoms with Crippen LogP contribution in [0.15, 0.2) is 42.5 Å². The molecule has 0 atom stereocenters. The number of aryl methyl sites for hydroxylation is 1. The first-order valence-electron chi connectivity index (χ1n) is 5.68. The quantitative estimate of drug-likeness (QED) is 0.726. The van der Waals surface area contributed by atoms with Crippen molar-refractivity contribution < 1.29 is 9.90 Å². The highest BCUT2D eigenvalue weighted by Crippen LogP contribution is 2.22. The monoisotopic (exact) mass is 276 g/mol. The Morgan fingerprint density at radius 3 is 2.47 bits per heavy atom. The average molecular weight is 277 g/mol. The van der Waals surface area contributed by atoms with E-state index in [1.165, 1.54) is 6.07 Å². The van der Waals surface area contributed by atoms with Crippen molar-refractivity contribution >= 4 is 29.0 Å². The first-order chi connectivity index (χ1) is 9.06. The van der Waals surface area contributed by atoms with E-state index in [4.69, 9.17) is 11.6 Å². The number of para-hydroxylation sites is 1. The Labute approximate surface area is 116 Å². The van der Waals surface area contributed by atoms with Crippen LogP contribution in [-0.2, 0) is 0 Å². The maximum absolute atomic E-state index is 11.8. The third-order valence-corrected chi connectivity index (χ3v) is 2.91. The minimum atomic E-state index is -0.387. The number of halogens is 1. The van der Waals surface area contributed by atoms with Gasteiger partial charge in [-0.25, -0.2) is 4.79 Å². The van der Waals surface area contributed by atoms with Crippen LogP contribution in [0.25, 0.3) is 0 Å². The predicted molar refractivity (Wildman–Crippen MR) is 76.9 cm³/mol. The molecule has 5 heteroatoms. The summed E-state index contributed by atoms with van der Waals surface area (Å²) >= 11 is 5.95. The van der Waals surface area contributed by atoms with Crippen molar-refractivity contribution in [2.75, 3.05) is 10.6 Å². The highest BCUT2D eigenvalue weighted by atomic mass is 35.5. The molecular formula is C14H13ClN2O2. The van der Waals surface area contributed by atoms with Gasteiger partial charge in [0.2, 0.25) is 0 Å². The summed E-state index contributed by atoms with van der Waals surface area (Å²) in [5, 5.41) is 15.1. The number of phenolic OH excluding ortho intramolecular Hbond substituents is 1. The number of amides is 2. The van der Waals surface area contributed by atoms with Gasteiger partial charge >= 0.3 is 6.03 Å². The maximum Gasteiger partial charge on any atom is 0.323 e. The lowest BCUT2D eigenvalue weighted by molar-refractivity contribution is 0.262. The van der Waals surface area contributed by atoms with Crippen LogP contribution in [0.3, 0.4) is 0 Å². The van der Waals surface area contributed by atoms with Crippen molar-refractivity contribution in [3.05, 3.63) is 53.1 Å². The number of urea groups is 1. The van der Waals surface area contributed by atoms with Crippen LogP contribution in [-0.4, -0.2) is 11.1 Å². The molecule has 0 spiro atoms. The number of aromatic hydroxyl groups is 1. The first kappa shape index (κ1) is 13.2. The van der Waals surface area contributed by atoms with E-state index in [0.717, 1.165) is 5.56 Å². The number of carbonyl (C=O) groups excluding carboxylic acids is 1. The molecule has 0 saturated heterocycles. The predicted octanol–water partition coefficient (Wildman–Crippen LogP) is 4.00. The fourth-order valence-electron chi connectivity index (χ4n) is 1.63. The normalized spacial score (nSPS) is 10.0. The number of anilines is 2. The Morgan fingerprint density at radius 1 is 1.11 bits per heavy atom. The molecule has 0 bridgehead atoms. The lowest BCUT2D eigenvalue weighted by Gasteiger charge is -2.11. The number of nitrogens with one attached hydrogen (secondary N) is 2. The van der Waals surface area contributed by atoms with Gasteiger partial charge in [0.25, 0.3) is 0 Å². The van der Waals surface area contributed by atoms with Crippen LogP contribution in [0.5, 0.6) is 5.75 Å². The minimum Gasteiger partial charge on any atom is -0.508 e. The molecule has 4 nitrogen and oxygen atoms in total. The number of benzene rings is 2. The zero-order valence-electron chi connectivity index (χ0n) is 10.3. The summed E-state index contributed by atoms with van der Waals surface area (Å²) in [4.78, 5) is 11.8. The van der Waals surface area contributed by atoms with Crippen molar-refractivity contribution in [3.8, 4) is 5.75 Å². The van der Waals surface area contributed by atoms with Crippen LogP contribution in [0.2, 0.25) is 5.02 Å². The molecule has 2 aromatic rings. The Kier molecular flexibility index (Phi) is 3.92. The summed E-state index contributed by atoms with van der Waals surface area (Å²) < 4.78 is 0. The van der Waals surface area contributed by atoms with E-state index in [1.54, 1.807) is 43.3 Å². The van der Waals surface area contributed by atoms with E-state index in [2.05, 4.69) is 10.6 Å².